The number of amides is 2. The van der Waals surface area contributed by atoms with E-state index in [4.69, 9.17) is 10.00 Å². The number of methoxy groups -OCH3 is 1. The van der Waals surface area contributed by atoms with E-state index in [-0.39, 0.29) is 30.9 Å². The minimum Gasteiger partial charge on any atom is -0.497 e. The van der Waals surface area contributed by atoms with Gasteiger partial charge in [-0.1, -0.05) is 18.2 Å². The molecule has 0 unspecified atom stereocenters. The Bertz CT molecular complexity index is 903. The second-order valence-electron chi connectivity index (χ2n) is 7.34. The molecular weight excluding hydrogens is 380 g/mol. The van der Waals surface area contributed by atoms with Crippen LogP contribution in [0.25, 0.3) is 0 Å². The fraction of sp³-hybridized carbons (Fsp3) is 0.348. The SMILES string of the molecule is COc1cccc(NC(=O)CN(C)C(=O)CN(Cc2ccc(C#N)cc2)C(C)C)c1. The van der Waals surface area contributed by atoms with E-state index in [0.29, 0.717) is 23.5 Å². The highest BCUT2D eigenvalue weighted by Gasteiger charge is 2.19. The van der Waals surface area contributed by atoms with Crippen molar-refractivity contribution in [2.24, 2.45) is 0 Å². The summed E-state index contributed by atoms with van der Waals surface area (Å²) in [5, 5.41) is 11.7. The third-order valence-corrected chi connectivity index (χ3v) is 4.70. The van der Waals surface area contributed by atoms with Gasteiger partial charge in [-0.2, -0.15) is 5.26 Å². The summed E-state index contributed by atoms with van der Waals surface area (Å²) < 4.78 is 5.15. The molecule has 0 aliphatic carbocycles. The summed E-state index contributed by atoms with van der Waals surface area (Å²) in [5.74, 6) is 0.230. The lowest BCUT2D eigenvalue weighted by atomic mass is 10.1. The van der Waals surface area contributed by atoms with E-state index in [9.17, 15) is 9.59 Å². The van der Waals surface area contributed by atoms with E-state index in [1.807, 2.05) is 30.9 Å². The van der Waals surface area contributed by atoms with E-state index in [1.165, 1.54) is 4.90 Å². The second kappa shape index (κ2) is 11.0. The van der Waals surface area contributed by atoms with Crippen LogP contribution in [0.15, 0.2) is 48.5 Å². The second-order valence-corrected chi connectivity index (χ2v) is 7.34. The highest BCUT2D eigenvalue weighted by atomic mass is 16.5. The third kappa shape index (κ3) is 6.90. The van der Waals surface area contributed by atoms with Gasteiger partial charge in [-0.25, -0.2) is 0 Å². The van der Waals surface area contributed by atoms with Crippen LogP contribution < -0.4 is 10.1 Å². The molecule has 0 aromatic heterocycles. The lowest BCUT2D eigenvalue weighted by molar-refractivity contribution is -0.134. The molecule has 0 saturated carbocycles. The molecule has 0 spiro atoms. The number of likely N-dealkylation sites (N-methyl/N-ethyl adjacent to an activating group) is 1. The first-order valence-electron chi connectivity index (χ1n) is 9.73. The maximum atomic E-state index is 12.7. The van der Waals surface area contributed by atoms with Crippen molar-refractivity contribution >= 4 is 17.5 Å². The average Bonchev–Trinajstić information content (AvgIpc) is 2.73. The van der Waals surface area contributed by atoms with Crippen molar-refractivity contribution in [2.75, 3.05) is 32.6 Å². The van der Waals surface area contributed by atoms with Crippen molar-refractivity contribution in [2.45, 2.75) is 26.4 Å². The highest BCUT2D eigenvalue weighted by molar-refractivity contribution is 5.94. The standard InChI is InChI=1S/C23H28N4O3/c1-17(2)27(14-19-10-8-18(13-24)9-11-19)16-23(29)26(3)15-22(28)25-20-6-5-7-21(12-20)30-4/h5-12,17H,14-16H2,1-4H3,(H,25,28). The Morgan fingerprint density at radius 2 is 1.83 bits per heavy atom. The molecule has 7 nitrogen and oxygen atoms in total. The fourth-order valence-corrected chi connectivity index (χ4v) is 2.84. The summed E-state index contributed by atoms with van der Waals surface area (Å²) in [6, 6.07) is 16.6. The number of hydrogen-bond donors (Lipinski definition) is 1. The normalized spacial score (nSPS) is 10.6. The van der Waals surface area contributed by atoms with Crippen LogP contribution in [0.5, 0.6) is 5.75 Å². The van der Waals surface area contributed by atoms with Crippen LogP contribution in [0.1, 0.15) is 25.0 Å². The maximum Gasteiger partial charge on any atom is 0.243 e. The molecule has 0 heterocycles. The number of carbonyl (C=O) groups is 2. The number of hydrogen-bond acceptors (Lipinski definition) is 5. The van der Waals surface area contributed by atoms with Gasteiger partial charge in [-0.05, 0) is 43.7 Å². The Morgan fingerprint density at radius 3 is 2.43 bits per heavy atom. The molecular formula is C23H28N4O3. The van der Waals surface area contributed by atoms with Crippen LogP contribution >= 0.6 is 0 Å². The molecule has 2 aromatic rings. The van der Waals surface area contributed by atoms with E-state index < -0.39 is 0 Å². The van der Waals surface area contributed by atoms with Crippen LogP contribution in [0, 0.1) is 11.3 Å². The van der Waals surface area contributed by atoms with Gasteiger partial charge in [0.25, 0.3) is 0 Å². The quantitative estimate of drug-likeness (QED) is 0.690. The van der Waals surface area contributed by atoms with Crippen LogP contribution in [-0.2, 0) is 16.1 Å². The molecule has 0 aliphatic rings. The fourth-order valence-electron chi connectivity index (χ4n) is 2.84. The predicted octanol–water partition coefficient (Wildman–Crippen LogP) is 2.87. The average molecular weight is 409 g/mol. The number of nitrogens with one attached hydrogen (secondary N) is 1. The molecule has 0 aliphatic heterocycles. The Morgan fingerprint density at radius 1 is 1.13 bits per heavy atom. The Balaban J connectivity index is 1.92. The van der Waals surface area contributed by atoms with E-state index >= 15 is 0 Å². The lowest BCUT2D eigenvalue weighted by Gasteiger charge is -2.28. The number of benzene rings is 2. The van der Waals surface area contributed by atoms with Gasteiger partial charge in [-0.15, -0.1) is 0 Å². The van der Waals surface area contributed by atoms with Gasteiger partial charge in [0.05, 0.1) is 31.8 Å². The highest BCUT2D eigenvalue weighted by Crippen LogP contribution is 2.16. The predicted molar refractivity (Wildman–Crippen MR) is 116 cm³/mol. The lowest BCUT2D eigenvalue weighted by Crippen LogP contribution is -2.43. The molecule has 2 amide bonds. The Kier molecular flexibility index (Phi) is 8.39. The summed E-state index contributed by atoms with van der Waals surface area (Å²) in [5.41, 5.74) is 2.24. The van der Waals surface area contributed by atoms with Crippen molar-refractivity contribution in [3.8, 4) is 11.8 Å². The summed E-state index contributed by atoms with van der Waals surface area (Å²) >= 11 is 0. The molecule has 0 fully saturated rings. The minimum absolute atomic E-state index is 0.0428. The molecule has 0 saturated heterocycles. The van der Waals surface area contributed by atoms with Crippen LogP contribution in [-0.4, -0.2) is 54.9 Å². The number of nitrogens with zero attached hydrogens (tertiary/aromatic N) is 3. The van der Waals surface area contributed by atoms with Gasteiger partial charge in [0, 0.05) is 31.4 Å². The van der Waals surface area contributed by atoms with Gasteiger partial charge < -0.3 is 15.0 Å². The van der Waals surface area contributed by atoms with Gasteiger partial charge >= 0.3 is 0 Å². The van der Waals surface area contributed by atoms with E-state index in [0.717, 1.165) is 5.56 Å². The molecule has 0 atom stereocenters. The van der Waals surface area contributed by atoms with Gasteiger partial charge in [-0.3, -0.25) is 14.5 Å². The summed E-state index contributed by atoms with van der Waals surface area (Å²) in [6.45, 7) is 4.78. The number of carbonyl (C=O) groups excluding carboxylic acids is 2. The zero-order chi connectivity index (χ0) is 22.1. The van der Waals surface area contributed by atoms with Crippen LogP contribution in [0.2, 0.25) is 0 Å². The molecule has 0 radical (unpaired) electrons. The first-order chi connectivity index (χ1) is 14.3. The van der Waals surface area contributed by atoms with Crippen LogP contribution in [0.3, 0.4) is 0 Å². The summed E-state index contributed by atoms with van der Waals surface area (Å²) in [4.78, 5) is 28.4. The summed E-state index contributed by atoms with van der Waals surface area (Å²) in [7, 11) is 3.18. The van der Waals surface area contributed by atoms with Gasteiger partial charge in [0.2, 0.25) is 11.8 Å². The van der Waals surface area contributed by atoms with Crippen molar-refractivity contribution in [3.63, 3.8) is 0 Å². The van der Waals surface area contributed by atoms with E-state index in [2.05, 4.69) is 11.4 Å². The molecule has 2 rings (SSSR count). The third-order valence-electron chi connectivity index (χ3n) is 4.70. The smallest absolute Gasteiger partial charge is 0.243 e. The molecule has 30 heavy (non-hydrogen) atoms. The van der Waals surface area contributed by atoms with Gasteiger partial charge in [0.1, 0.15) is 5.75 Å². The molecule has 0 bridgehead atoms. The van der Waals surface area contributed by atoms with Crippen molar-refractivity contribution < 1.29 is 14.3 Å². The minimum atomic E-state index is -0.276. The summed E-state index contributed by atoms with van der Waals surface area (Å²) in [6.07, 6.45) is 0. The largest absolute Gasteiger partial charge is 0.497 e. The first-order valence-corrected chi connectivity index (χ1v) is 9.73. The number of anilines is 1. The van der Waals surface area contributed by atoms with E-state index in [1.54, 1.807) is 50.6 Å². The Hall–Kier alpha value is -3.37. The first kappa shape index (κ1) is 22.9. The van der Waals surface area contributed by atoms with Crippen molar-refractivity contribution in [1.29, 1.82) is 5.26 Å². The number of nitriles is 1. The zero-order valence-electron chi connectivity index (χ0n) is 17.9. The zero-order valence-corrected chi connectivity index (χ0v) is 17.9. The Labute approximate surface area is 177 Å². The van der Waals surface area contributed by atoms with Crippen molar-refractivity contribution in [3.05, 3.63) is 59.7 Å². The monoisotopic (exact) mass is 408 g/mol. The molecule has 1 N–H and O–H groups in total. The molecule has 158 valence electrons. The maximum absolute atomic E-state index is 12.7. The van der Waals surface area contributed by atoms with Crippen molar-refractivity contribution in [1.82, 2.24) is 9.80 Å². The van der Waals surface area contributed by atoms with Gasteiger partial charge in [0.15, 0.2) is 0 Å². The topological polar surface area (TPSA) is 85.7 Å². The number of ether oxygens (including phenoxy) is 1. The number of rotatable bonds is 9. The van der Waals surface area contributed by atoms with Crippen LogP contribution in [0.4, 0.5) is 5.69 Å². The molecule has 2 aromatic carbocycles. The molecule has 7 heteroatoms.